The molecule has 0 radical (unpaired) electrons. The Hall–Kier alpha value is -5.68. The zero-order valence-electron chi connectivity index (χ0n) is 25.3. The van der Waals surface area contributed by atoms with Crippen molar-refractivity contribution >= 4 is 38.7 Å². The van der Waals surface area contributed by atoms with Crippen LogP contribution >= 0.6 is 0 Å². The van der Waals surface area contributed by atoms with E-state index in [9.17, 15) is 0 Å². The van der Waals surface area contributed by atoms with E-state index >= 15 is 0 Å². The summed E-state index contributed by atoms with van der Waals surface area (Å²) in [7, 11) is 5.06. The smallest absolute Gasteiger partial charge is 0.178 e. The molecule has 6 aromatic carbocycles. The largest absolute Gasteiger partial charge is 0.497 e. The van der Waals surface area contributed by atoms with Crippen molar-refractivity contribution in [3.05, 3.63) is 144 Å². The molecule has 0 spiro atoms. The Kier molecular flexibility index (Phi) is 6.27. The lowest BCUT2D eigenvalue weighted by molar-refractivity contribution is 0.163. The van der Waals surface area contributed by atoms with Crippen molar-refractivity contribution in [1.82, 2.24) is 4.57 Å². The maximum absolute atomic E-state index is 7.38. The Morgan fingerprint density at radius 2 is 1.07 bits per heavy atom. The van der Waals surface area contributed by atoms with Gasteiger partial charge in [-0.2, -0.15) is 0 Å². The second kappa shape index (κ2) is 10.5. The number of fused-ring (bicyclic) bond motifs is 8. The molecule has 45 heavy (non-hydrogen) atoms. The van der Waals surface area contributed by atoms with E-state index in [4.69, 9.17) is 18.9 Å². The van der Waals surface area contributed by atoms with Gasteiger partial charge in [0.05, 0.1) is 32.4 Å². The maximum Gasteiger partial charge on any atom is 0.178 e. The maximum atomic E-state index is 7.38. The van der Waals surface area contributed by atoms with Crippen molar-refractivity contribution in [2.75, 3.05) is 21.3 Å². The molecule has 220 valence electrons. The van der Waals surface area contributed by atoms with Gasteiger partial charge in [-0.05, 0) is 72.1 Å². The third-order valence-electron chi connectivity index (χ3n) is 8.93. The quantitative estimate of drug-likeness (QED) is 0.194. The van der Waals surface area contributed by atoms with Gasteiger partial charge in [0, 0.05) is 38.5 Å². The van der Waals surface area contributed by atoms with Crippen LogP contribution in [0.5, 0.6) is 23.0 Å². The number of ether oxygens (including phenoxy) is 4. The number of nitrogens with zero attached hydrogens (tertiary/aromatic N) is 1. The zero-order chi connectivity index (χ0) is 30.5. The van der Waals surface area contributed by atoms with Crippen LogP contribution in [0.15, 0.2) is 127 Å². The van der Waals surface area contributed by atoms with Gasteiger partial charge in [-0.15, -0.1) is 0 Å². The van der Waals surface area contributed by atoms with E-state index in [1.165, 1.54) is 10.8 Å². The van der Waals surface area contributed by atoms with Crippen LogP contribution in [0, 0.1) is 0 Å². The Morgan fingerprint density at radius 3 is 1.64 bits per heavy atom. The average Bonchev–Trinajstić information content (AvgIpc) is 3.47. The van der Waals surface area contributed by atoms with Gasteiger partial charge in [-0.25, -0.2) is 0 Å². The van der Waals surface area contributed by atoms with E-state index in [0.717, 1.165) is 67.2 Å². The third-order valence-corrected chi connectivity index (χ3v) is 8.93. The van der Waals surface area contributed by atoms with Crippen LogP contribution < -0.4 is 18.9 Å². The van der Waals surface area contributed by atoms with E-state index in [0.29, 0.717) is 0 Å². The summed E-state index contributed by atoms with van der Waals surface area (Å²) in [5, 5.41) is 4.60. The molecule has 0 bridgehead atoms. The van der Waals surface area contributed by atoms with Crippen LogP contribution in [-0.4, -0.2) is 25.9 Å². The van der Waals surface area contributed by atoms with E-state index in [-0.39, 0.29) is 0 Å². The van der Waals surface area contributed by atoms with Gasteiger partial charge in [0.2, 0.25) is 0 Å². The van der Waals surface area contributed by atoms with Gasteiger partial charge in [0.15, 0.2) is 5.60 Å². The van der Waals surface area contributed by atoms with Crippen molar-refractivity contribution in [3.63, 3.8) is 0 Å². The van der Waals surface area contributed by atoms with Crippen LogP contribution in [-0.2, 0) is 5.60 Å². The van der Waals surface area contributed by atoms with Crippen LogP contribution in [0.1, 0.15) is 16.7 Å². The minimum absolute atomic E-state index is 0.792. The molecule has 0 N–H and O–H groups in total. The van der Waals surface area contributed by atoms with Gasteiger partial charge in [-0.1, -0.05) is 66.7 Å². The number of para-hydroxylation sites is 1. The summed E-state index contributed by atoms with van der Waals surface area (Å²) in [6.45, 7) is 0. The Balaban J connectivity index is 1.46. The number of hydrogen-bond donors (Lipinski definition) is 0. The summed E-state index contributed by atoms with van der Waals surface area (Å²) in [4.78, 5) is 0. The van der Waals surface area contributed by atoms with Crippen LogP contribution in [0.4, 0.5) is 0 Å². The number of methoxy groups -OCH3 is 3. The molecular weight excluding hydrogens is 558 g/mol. The molecule has 0 aliphatic carbocycles. The molecule has 0 unspecified atom stereocenters. The predicted octanol–water partition coefficient (Wildman–Crippen LogP) is 9.31. The van der Waals surface area contributed by atoms with Gasteiger partial charge >= 0.3 is 0 Å². The lowest BCUT2D eigenvalue weighted by atomic mass is 9.82. The molecule has 8 rings (SSSR count). The highest BCUT2D eigenvalue weighted by molar-refractivity contribution is 6.25. The Labute approximate surface area is 261 Å². The summed E-state index contributed by atoms with van der Waals surface area (Å²) >= 11 is 0. The molecule has 1 aliphatic rings. The number of rotatable bonds is 6. The fourth-order valence-corrected chi connectivity index (χ4v) is 6.73. The van der Waals surface area contributed by atoms with Gasteiger partial charge in [0.1, 0.15) is 23.0 Å². The lowest BCUT2D eigenvalue weighted by Gasteiger charge is -2.37. The summed E-state index contributed by atoms with van der Waals surface area (Å²) < 4.78 is 26.2. The third kappa shape index (κ3) is 4.08. The van der Waals surface area contributed by atoms with Crippen molar-refractivity contribution < 1.29 is 18.9 Å². The Morgan fingerprint density at radius 1 is 0.556 bits per heavy atom. The summed E-state index contributed by atoms with van der Waals surface area (Å²) in [5.74, 6) is 3.24. The van der Waals surface area contributed by atoms with Gasteiger partial charge < -0.3 is 23.5 Å². The first-order valence-corrected chi connectivity index (χ1v) is 14.9. The van der Waals surface area contributed by atoms with Crippen molar-refractivity contribution in [2.24, 2.45) is 0 Å². The van der Waals surface area contributed by atoms with Crippen LogP contribution in [0.2, 0.25) is 0 Å². The van der Waals surface area contributed by atoms with E-state index in [2.05, 4.69) is 102 Å². The summed E-state index contributed by atoms with van der Waals surface area (Å²) in [6.07, 6.45) is 4.42. The predicted molar refractivity (Wildman–Crippen MR) is 181 cm³/mol. The molecule has 0 atom stereocenters. The minimum Gasteiger partial charge on any atom is -0.497 e. The standard InChI is InChI=1S/C40H31NO4/c1-42-29-18-12-26(13-19-29)40(27-14-20-30(43-2)21-15-27)25-24-35-38-37(32-8-4-5-9-33(32)39(35)45-40)34-10-6-7-11-36(34)41(38)28-16-22-31(44-3)23-17-28/h4-25H,1-3H3. The molecule has 0 saturated carbocycles. The van der Waals surface area contributed by atoms with Crippen LogP contribution in [0.3, 0.4) is 0 Å². The van der Waals surface area contributed by atoms with Crippen LogP contribution in [0.25, 0.3) is 44.3 Å². The molecule has 0 fully saturated rings. The molecular formula is C40H31NO4. The first-order chi connectivity index (χ1) is 22.1. The topological polar surface area (TPSA) is 41.9 Å². The SMILES string of the molecule is COc1ccc(-n2c3ccccc3c3c4ccccc4c4c(c32)C=CC(c2ccc(OC)cc2)(c2ccc(OC)cc2)O4)cc1. The Bertz CT molecular complexity index is 2180. The summed E-state index contributed by atoms with van der Waals surface area (Å²) in [5.41, 5.74) is 5.42. The second-order valence-electron chi connectivity index (χ2n) is 11.2. The van der Waals surface area contributed by atoms with Crippen molar-refractivity contribution in [1.29, 1.82) is 0 Å². The lowest BCUT2D eigenvalue weighted by Crippen LogP contribution is -2.34. The summed E-state index contributed by atoms with van der Waals surface area (Å²) in [6, 6.07) is 41.6. The van der Waals surface area contributed by atoms with E-state index in [1.54, 1.807) is 21.3 Å². The van der Waals surface area contributed by atoms with Gasteiger partial charge in [-0.3, -0.25) is 0 Å². The highest BCUT2D eigenvalue weighted by Gasteiger charge is 2.39. The van der Waals surface area contributed by atoms with Gasteiger partial charge in [0.25, 0.3) is 0 Å². The van der Waals surface area contributed by atoms with E-state index < -0.39 is 5.60 Å². The average molecular weight is 590 g/mol. The normalized spacial score (nSPS) is 13.5. The fourth-order valence-electron chi connectivity index (χ4n) is 6.73. The first kappa shape index (κ1) is 26.9. The highest BCUT2D eigenvalue weighted by Crippen LogP contribution is 2.51. The van der Waals surface area contributed by atoms with Crippen molar-refractivity contribution in [3.8, 4) is 28.7 Å². The first-order valence-electron chi connectivity index (χ1n) is 14.9. The van der Waals surface area contributed by atoms with E-state index in [1.807, 2.05) is 36.4 Å². The number of hydrogen-bond acceptors (Lipinski definition) is 4. The molecule has 1 aromatic heterocycles. The molecule has 1 aliphatic heterocycles. The fraction of sp³-hybridized carbons (Fsp3) is 0.100. The molecule has 2 heterocycles. The minimum atomic E-state index is -0.890. The number of aromatic nitrogens is 1. The number of benzene rings is 6. The molecule has 5 heteroatoms. The molecule has 0 saturated heterocycles. The van der Waals surface area contributed by atoms with Crippen molar-refractivity contribution in [2.45, 2.75) is 5.60 Å². The molecule has 0 amide bonds. The molecule has 5 nitrogen and oxygen atoms in total. The highest BCUT2D eigenvalue weighted by atomic mass is 16.5. The molecule has 7 aromatic rings. The second-order valence-corrected chi connectivity index (χ2v) is 11.2. The zero-order valence-corrected chi connectivity index (χ0v) is 25.3. The monoisotopic (exact) mass is 589 g/mol.